The molecule has 0 radical (unpaired) electrons. The summed E-state index contributed by atoms with van der Waals surface area (Å²) in [6, 6.07) is 14.7. The van der Waals surface area contributed by atoms with Crippen molar-refractivity contribution in [3.05, 3.63) is 71.8 Å². The molecular weight excluding hydrogens is 382 g/mol. The standard InChI is InChI=1S/C21H22F2N2O4/c22-21(23,13-24)20(28)19(25)18(15-9-5-2-6-10-15)16(26)11-17(27)29-12-14-7-3-1-4-8-14/h1-10,18-19H,11-13,24-25H2. The quantitative estimate of drug-likeness (QED) is 0.462. The molecule has 2 aromatic carbocycles. The Bertz CT molecular complexity index is 844. The first-order chi connectivity index (χ1) is 13.8. The van der Waals surface area contributed by atoms with Crippen LogP contribution in [0, 0.1) is 0 Å². The first-order valence-corrected chi connectivity index (χ1v) is 8.91. The molecule has 0 aliphatic rings. The van der Waals surface area contributed by atoms with Crippen LogP contribution >= 0.6 is 0 Å². The van der Waals surface area contributed by atoms with Gasteiger partial charge in [-0.2, -0.15) is 8.78 Å². The molecule has 8 heteroatoms. The van der Waals surface area contributed by atoms with E-state index in [1.807, 2.05) is 0 Å². The van der Waals surface area contributed by atoms with Crippen LogP contribution in [0.25, 0.3) is 0 Å². The highest BCUT2D eigenvalue weighted by molar-refractivity contribution is 6.04. The van der Waals surface area contributed by atoms with Crippen LogP contribution in [0.4, 0.5) is 8.78 Å². The number of carbonyl (C=O) groups is 3. The molecule has 6 nitrogen and oxygen atoms in total. The third kappa shape index (κ3) is 6.00. The van der Waals surface area contributed by atoms with Crippen molar-refractivity contribution < 1.29 is 27.9 Å². The summed E-state index contributed by atoms with van der Waals surface area (Å²) >= 11 is 0. The minimum atomic E-state index is -3.87. The average Bonchev–Trinajstić information content (AvgIpc) is 2.73. The van der Waals surface area contributed by atoms with Crippen molar-refractivity contribution in [2.75, 3.05) is 6.54 Å². The van der Waals surface area contributed by atoms with Crippen molar-refractivity contribution in [1.82, 2.24) is 0 Å². The molecule has 0 spiro atoms. The summed E-state index contributed by atoms with van der Waals surface area (Å²) in [4.78, 5) is 36.9. The van der Waals surface area contributed by atoms with Gasteiger partial charge in [-0.05, 0) is 11.1 Å². The summed E-state index contributed by atoms with van der Waals surface area (Å²) in [6.07, 6.45) is -0.707. The van der Waals surface area contributed by atoms with Crippen LogP contribution in [0.2, 0.25) is 0 Å². The normalized spacial score (nSPS) is 13.4. The molecule has 0 aliphatic carbocycles. The maximum absolute atomic E-state index is 13.7. The van der Waals surface area contributed by atoms with Gasteiger partial charge in [0.05, 0.1) is 18.5 Å². The van der Waals surface area contributed by atoms with Crippen molar-refractivity contribution in [2.45, 2.75) is 30.9 Å². The minimum Gasteiger partial charge on any atom is -0.460 e. The van der Waals surface area contributed by atoms with Gasteiger partial charge < -0.3 is 16.2 Å². The number of halogens is 2. The lowest BCUT2D eigenvalue weighted by Crippen LogP contribution is -2.51. The monoisotopic (exact) mass is 404 g/mol. The molecule has 4 N–H and O–H groups in total. The van der Waals surface area contributed by atoms with E-state index in [2.05, 4.69) is 0 Å². The molecular formula is C21H22F2N2O4. The number of alkyl halides is 2. The maximum Gasteiger partial charge on any atom is 0.318 e. The van der Waals surface area contributed by atoms with Gasteiger partial charge >= 0.3 is 11.9 Å². The zero-order valence-electron chi connectivity index (χ0n) is 15.6. The van der Waals surface area contributed by atoms with E-state index in [1.54, 1.807) is 48.5 Å². The molecule has 2 unspecified atom stereocenters. The zero-order valence-corrected chi connectivity index (χ0v) is 15.6. The number of ketones is 2. The number of Topliss-reactive ketones (excluding diaryl/α,β-unsaturated/α-hetero) is 2. The summed E-state index contributed by atoms with van der Waals surface area (Å²) in [5.74, 6) is -8.58. The van der Waals surface area contributed by atoms with Gasteiger partial charge in [0, 0.05) is 0 Å². The molecule has 0 aliphatic heterocycles. The Hall–Kier alpha value is -2.97. The number of nitrogens with two attached hydrogens (primary N) is 2. The Balaban J connectivity index is 2.15. The van der Waals surface area contributed by atoms with Gasteiger partial charge in [0.2, 0.25) is 5.78 Å². The molecule has 0 aromatic heterocycles. The van der Waals surface area contributed by atoms with Crippen LogP contribution in [0.3, 0.4) is 0 Å². The molecule has 0 saturated carbocycles. The fourth-order valence-electron chi connectivity index (χ4n) is 2.79. The first-order valence-electron chi connectivity index (χ1n) is 8.91. The van der Waals surface area contributed by atoms with E-state index in [1.165, 1.54) is 12.1 Å². The Labute approximate surface area is 166 Å². The second-order valence-corrected chi connectivity index (χ2v) is 6.48. The number of ether oxygens (including phenoxy) is 1. The lowest BCUT2D eigenvalue weighted by Gasteiger charge is -2.25. The molecule has 0 fully saturated rings. The summed E-state index contributed by atoms with van der Waals surface area (Å²) < 4.78 is 32.6. The van der Waals surface area contributed by atoms with Crippen molar-refractivity contribution in [3.8, 4) is 0 Å². The molecule has 2 rings (SSSR count). The average molecular weight is 404 g/mol. The molecule has 0 saturated heterocycles. The molecule has 2 aromatic rings. The van der Waals surface area contributed by atoms with Crippen molar-refractivity contribution in [1.29, 1.82) is 0 Å². The largest absolute Gasteiger partial charge is 0.460 e. The van der Waals surface area contributed by atoms with Crippen LogP contribution in [0.1, 0.15) is 23.5 Å². The van der Waals surface area contributed by atoms with E-state index >= 15 is 0 Å². The highest BCUT2D eigenvalue weighted by Crippen LogP contribution is 2.26. The van der Waals surface area contributed by atoms with Gasteiger partial charge in [-0.3, -0.25) is 14.4 Å². The van der Waals surface area contributed by atoms with E-state index in [0.717, 1.165) is 5.56 Å². The number of hydrogen-bond acceptors (Lipinski definition) is 6. The summed E-state index contributed by atoms with van der Waals surface area (Å²) in [7, 11) is 0. The van der Waals surface area contributed by atoms with Gasteiger partial charge in [0.1, 0.15) is 13.0 Å². The first kappa shape index (κ1) is 22.3. The van der Waals surface area contributed by atoms with Crippen molar-refractivity contribution in [3.63, 3.8) is 0 Å². The second-order valence-electron chi connectivity index (χ2n) is 6.48. The number of rotatable bonds is 10. The lowest BCUT2D eigenvalue weighted by atomic mass is 9.83. The summed E-state index contributed by atoms with van der Waals surface area (Å²) in [5.41, 5.74) is 11.7. The van der Waals surface area contributed by atoms with E-state index in [9.17, 15) is 23.2 Å². The third-order valence-corrected chi connectivity index (χ3v) is 4.35. The Morgan fingerprint density at radius 1 is 0.966 bits per heavy atom. The fraction of sp³-hybridized carbons (Fsp3) is 0.286. The number of hydrogen-bond donors (Lipinski definition) is 2. The number of benzene rings is 2. The maximum atomic E-state index is 13.7. The predicted octanol–water partition coefficient (Wildman–Crippen LogP) is 1.96. The Morgan fingerprint density at radius 3 is 2.07 bits per heavy atom. The molecule has 0 amide bonds. The molecule has 154 valence electrons. The van der Waals surface area contributed by atoms with E-state index in [4.69, 9.17) is 16.2 Å². The highest BCUT2D eigenvalue weighted by atomic mass is 19.3. The summed E-state index contributed by atoms with van der Waals surface area (Å²) in [5, 5.41) is 0. The van der Waals surface area contributed by atoms with Crippen LogP contribution < -0.4 is 11.5 Å². The SMILES string of the molecule is NCC(F)(F)C(=O)C(N)C(C(=O)CC(=O)OCc1ccccc1)c1ccccc1. The molecule has 0 heterocycles. The van der Waals surface area contributed by atoms with Crippen LogP contribution in [-0.2, 0) is 25.7 Å². The van der Waals surface area contributed by atoms with E-state index in [-0.39, 0.29) is 12.2 Å². The summed E-state index contributed by atoms with van der Waals surface area (Å²) in [6.45, 7) is -1.27. The van der Waals surface area contributed by atoms with Gasteiger partial charge in [0.25, 0.3) is 0 Å². The molecule has 0 bridgehead atoms. The minimum absolute atomic E-state index is 0.0425. The molecule has 2 atom stereocenters. The van der Waals surface area contributed by atoms with Gasteiger partial charge in [0.15, 0.2) is 5.78 Å². The van der Waals surface area contributed by atoms with Crippen LogP contribution in [0.5, 0.6) is 0 Å². The third-order valence-electron chi connectivity index (χ3n) is 4.35. The van der Waals surface area contributed by atoms with Gasteiger partial charge in [-0.15, -0.1) is 0 Å². The smallest absolute Gasteiger partial charge is 0.318 e. The number of carbonyl (C=O) groups excluding carboxylic acids is 3. The topological polar surface area (TPSA) is 112 Å². The Morgan fingerprint density at radius 2 is 1.52 bits per heavy atom. The molecule has 29 heavy (non-hydrogen) atoms. The Kier molecular flexibility index (Phi) is 7.69. The van der Waals surface area contributed by atoms with Gasteiger partial charge in [-0.25, -0.2) is 0 Å². The van der Waals surface area contributed by atoms with E-state index < -0.39 is 48.4 Å². The lowest BCUT2D eigenvalue weighted by molar-refractivity contribution is -0.149. The predicted molar refractivity (Wildman–Crippen MR) is 102 cm³/mol. The number of esters is 1. The second kappa shape index (κ2) is 9.99. The zero-order chi connectivity index (χ0) is 21.4. The van der Waals surface area contributed by atoms with Crippen molar-refractivity contribution >= 4 is 17.5 Å². The van der Waals surface area contributed by atoms with Crippen LogP contribution in [-0.4, -0.2) is 36.0 Å². The fourth-order valence-corrected chi connectivity index (χ4v) is 2.79. The van der Waals surface area contributed by atoms with Crippen molar-refractivity contribution in [2.24, 2.45) is 11.5 Å². The van der Waals surface area contributed by atoms with E-state index in [0.29, 0.717) is 0 Å². The van der Waals surface area contributed by atoms with Gasteiger partial charge in [-0.1, -0.05) is 60.7 Å². The van der Waals surface area contributed by atoms with Crippen LogP contribution in [0.15, 0.2) is 60.7 Å². The highest BCUT2D eigenvalue weighted by Gasteiger charge is 2.45.